The van der Waals surface area contributed by atoms with Gasteiger partial charge in [-0.15, -0.1) is 0 Å². The highest BCUT2D eigenvalue weighted by Crippen LogP contribution is 2.28. The van der Waals surface area contributed by atoms with Gasteiger partial charge in [0.2, 0.25) is 0 Å². The number of fused-ring (bicyclic) bond motifs is 2. The molecule has 0 atom stereocenters. The van der Waals surface area contributed by atoms with E-state index in [1.165, 1.54) is 0 Å². The first kappa shape index (κ1) is 15.6. The Bertz CT molecular complexity index is 1140. The Labute approximate surface area is 155 Å². The van der Waals surface area contributed by atoms with E-state index >= 15 is 0 Å². The molecule has 0 bridgehead atoms. The third-order valence-electron chi connectivity index (χ3n) is 4.88. The Morgan fingerprint density at radius 3 is 2.93 bits per heavy atom. The lowest BCUT2D eigenvalue weighted by molar-refractivity contribution is 0.0735. The number of carbonyl (C=O) groups excluding carboxylic acids is 1. The molecular weight excluding hydrogens is 340 g/mol. The van der Waals surface area contributed by atoms with Gasteiger partial charge in [-0.1, -0.05) is 6.07 Å². The SMILES string of the molecule is O=C(c1cnn2ccccc12)N1CCc2ncnc(-c3cccnc3)c2C1. The van der Waals surface area contributed by atoms with Crippen LogP contribution < -0.4 is 0 Å². The predicted octanol–water partition coefficient (Wildman–Crippen LogP) is 2.38. The van der Waals surface area contributed by atoms with Gasteiger partial charge < -0.3 is 4.90 Å². The molecule has 5 heterocycles. The first-order valence-electron chi connectivity index (χ1n) is 8.76. The summed E-state index contributed by atoms with van der Waals surface area (Å²) in [5, 5.41) is 4.28. The zero-order chi connectivity index (χ0) is 18.2. The largest absolute Gasteiger partial charge is 0.334 e. The molecule has 0 N–H and O–H groups in total. The lowest BCUT2D eigenvalue weighted by atomic mass is 9.99. The zero-order valence-corrected chi connectivity index (χ0v) is 14.5. The van der Waals surface area contributed by atoms with Gasteiger partial charge in [-0.3, -0.25) is 9.78 Å². The van der Waals surface area contributed by atoms with Gasteiger partial charge in [-0.05, 0) is 24.3 Å². The Balaban J connectivity index is 1.52. The van der Waals surface area contributed by atoms with Crippen LogP contribution in [0.3, 0.4) is 0 Å². The Morgan fingerprint density at radius 1 is 1.07 bits per heavy atom. The highest BCUT2D eigenvalue weighted by Gasteiger charge is 2.27. The molecule has 0 unspecified atom stereocenters. The number of carbonyl (C=O) groups is 1. The minimum Gasteiger partial charge on any atom is -0.334 e. The monoisotopic (exact) mass is 356 g/mol. The topological polar surface area (TPSA) is 76.3 Å². The fraction of sp³-hybridized carbons (Fsp3) is 0.150. The number of nitrogens with zero attached hydrogens (tertiary/aromatic N) is 6. The third kappa shape index (κ3) is 2.64. The molecule has 1 aliphatic heterocycles. The molecule has 4 aromatic rings. The number of rotatable bonds is 2. The molecule has 0 saturated heterocycles. The van der Waals surface area contributed by atoms with Crippen molar-refractivity contribution in [3.05, 3.63) is 78.3 Å². The third-order valence-corrected chi connectivity index (χ3v) is 4.88. The average molecular weight is 356 g/mol. The first-order valence-corrected chi connectivity index (χ1v) is 8.76. The maximum absolute atomic E-state index is 13.2. The van der Waals surface area contributed by atoms with Crippen molar-refractivity contribution in [2.24, 2.45) is 0 Å². The minimum absolute atomic E-state index is 0.0251. The minimum atomic E-state index is -0.0251. The number of pyridine rings is 2. The molecule has 0 aromatic carbocycles. The van der Waals surface area contributed by atoms with Crippen LogP contribution in [0.1, 0.15) is 21.6 Å². The first-order chi connectivity index (χ1) is 13.3. The lowest BCUT2D eigenvalue weighted by Crippen LogP contribution is -2.36. The molecule has 0 fully saturated rings. The highest BCUT2D eigenvalue weighted by molar-refractivity contribution is 6.00. The van der Waals surface area contributed by atoms with Crippen molar-refractivity contribution < 1.29 is 4.79 Å². The van der Waals surface area contributed by atoms with Gasteiger partial charge in [0.1, 0.15) is 6.33 Å². The van der Waals surface area contributed by atoms with Crippen molar-refractivity contribution in [1.29, 1.82) is 0 Å². The molecule has 0 spiro atoms. The lowest BCUT2D eigenvalue weighted by Gasteiger charge is -2.29. The van der Waals surface area contributed by atoms with Crippen LogP contribution in [0.2, 0.25) is 0 Å². The van der Waals surface area contributed by atoms with E-state index in [-0.39, 0.29) is 5.91 Å². The highest BCUT2D eigenvalue weighted by atomic mass is 16.2. The van der Waals surface area contributed by atoms with Gasteiger partial charge in [-0.25, -0.2) is 14.5 Å². The summed E-state index contributed by atoms with van der Waals surface area (Å²) in [6.45, 7) is 1.10. The van der Waals surface area contributed by atoms with Crippen LogP contribution >= 0.6 is 0 Å². The second kappa shape index (κ2) is 6.28. The van der Waals surface area contributed by atoms with Crippen LogP contribution in [-0.4, -0.2) is 41.9 Å². The van der Waals surface area contributed by atoms with Crippen LogP contribution in [0.25, 0.3) is 16.8 Å². The molecule has 4 aromatic heterocycles. The van der Waals surface area contributed by atoms with Gasteiger partial charge >= 0.3 is 0 Å². The fourth-order valence-electron chi connectivity index (χ4n) is 3.54. The summed E-state index contributed by atoms with van der Waals surface area (Å²) in [4.78, 5) is 28.1. The van der Waals surface area contributed by atoms with Gasteiger partial charge in [0, 0.05) is 49.2 Å². The van der Waals surface area contributed by atoms with Crippen molar-refractivity contribution in [1.82, 2.24) is 29.5 Å². The molecule has 5 rings (SSSR count). The van der Waals surface area contributed by atoms with E-state index in [1.54, 1.807) is 29.4 Å². The Kier molecular flexibility index (Phi) is 3.64. The Morgan fingerprint density at radius 2 is 2.04 bits per heavy atom. The van der Waals surface area contributed by atoms with E-state index < -0.39 is 0 Å². The van der Waals surface area contributed by atoms with Crippen LogP contribution in [0, 0.1) is 0 Å². The summed E-state index contributed by atoms with van der Waals surface area (Å²) >= 11 is 0. The summed E-state index contributed by atoms with van der Waals surface area (Å²) in [5.41, 5.74) is 5.17. The standard InChI is InChI=1S/C20H16N6O/c27-20(15-11-24-26-8-2-1-5-18(15)26)25-9-6-17-16(12-25)19(23-13-22-17)14-4-3-7-21-10-14/h1-5,7-8,10-11,13H,6,9,12H2. The summed E-state index contributed by atoms with van der Waals surface area (Å²) in [6.07, 6.45) is 9.29. The van der Waals surface area contributed by atoms with E-state index in [9.17, 15) is 4.79 Å². The van der Waals surface area contributed by atoms with Crippen LogP contribution in [0.4, 0.5) is 0 Å². The molecule has 1 amide bonds. The number of aromatic nitrogens is 5. The summed E-state index contributed by atoms with van der Waals surface area (Å²) < 4.78 is 1.72. The summed E-state index contributed by atoms with van der Waals surface area (Å²) in [6, 6.07) is 9.56. The maximum atomic E-state index is 13.2. The van der Waals surface area contributed by atoms with Crippen molar-refractivity contribution in [3.63, 3.8) is 0 Å². The molecule has 0 aliphatic carbocycles. The number of hydrogen-bond acceptors (Lipinski definition) is 5. The second-order valence-corrected chi connectivity index (χ2v) is 6.45. The molecule has 27 heavy (non-hydrogen) atoms. The van der Waals surface area contributed by atoms with E-state index in [1.807, 2.05) is 41.4 Å². The van der Waals surface area contributed by atoms with E-state index in [4.69, 9.17) is 0 Å². The summed E-state index contributed by atoms with van der Waals surface area (Å²) in [5.74, 6) is -0.0251. The van der Waals surface area contributed by atoms with Crippen molar-refractivity contribution in [2.45, 2.75) is 13.0 Å². The van der Waals surface area contributed by atoms with E-state index in [0.717, 1.165) is 28.0 Å². The average Bonchev–Trinajstić information content (AvgIpc) is 3.17. The smallest absolute Gasteiger partial charge is 0.258 e. The van der Waals surface area contributed by atoms with Crippen molar-refractivity contribution >= 4 is 11.4 Å². The predicted molar refractivity (Wildman–Crippen MR) is 98.9 cm³/mol. The van der Waals surface area contributed by atoms with E-state index in [0.29, 0.717) is 25.1 Å². The van der Waals surface area contributed by atoms with Gasteiger partial charge in [0.15, 0.2) is 0 Å². The Hall–Kier alpha value is -3.61. The molecule has 132 valence electrons. The van der Waals surface area contributed by atoms with E-state index in [2.05, 4.69) is 20.1 Å². The van der Waals surface area contributed by atoms with Crippen molar-refractivity contribution in [2.75, 3.05) is 6.54 Å². The van der Waals surface area contributed by atoms with Gasteiger partial charge in [0.05, 0.1) is 28.7 Å². The molecule has 7 nitrogen and oxygen atoms in total. The normalized spacial score (nSPS) is 13.6. The van der Waals surface area contributed by atoms with Gasteiger partial charge in [-0.2, -0.15) is 5.10 Å². The zero-order valence-electron chi connectivity index (χ0n) is 14.5. The number of amides is 1. The quantitative estimate of drug-likeness (QED) is 0.551. The molecule has 1 aliphatic rings. The van der Waals surface area contributed by atoms with Crippen LogP contribution in [-0.2, 0) is 13.0 Å². The maximum Gasteiger partial charge on any atom is 0.258 e. The van der Waals surface area contributed by atoms with Crippen LogP contribution in [0.5, 0.6) is 0 Å². The molecule has 0 saturated carbocycles. The second-order valence-electron chi connectivity index (χ2n) is 6.45. The van der Waals surface area contributed by atoms with Crippen molar-refractivity contribution in [3.8, 4) is 11.3 Å². The molecule has 0 radical (unpaired) electrons. The van der Waals surface area contributed by atoms with Gasteiger partial charge in [0.25, 0.3) is 5.91 Å². The number of hydrogen-bond donors (Lipinski definition) is 0. The molecular formula is C20H16N6O. The fourth-order valence-corrected chi connectivity index (χ4v) is 3.54. The van der Waals surface area contributed by atoms with Crippen LogP contribution in [0.15, 0.2) is 61.4 Å². The summed E-state index contributed by atoms with van der Waals surface area (Å²) in [7, 11) is 0. The molecule has 7 heteroatoms.